The Labute approximate surface area is 152 Å². The number of ketones is 1. The SMILES string of the molecule is CC(Sc1nnc(-c2ccc3c(c2)OCO3)o1)C(=O)c1ccc(F)cc1. The molecule has 0 spiro atoms. The van der Waals surface area contributed by atoms with E-state index in [1.165, 1.54) is 24.3 Å². The molecule has 3 aromatic rings. The third-order valence-corrected chi connectivity index (χ3v) is 4.74. The standard InChI is InChI=1S/C18H13FN2O4S/c1-10(16(22)11-2-5-13(19)6-3-11)26-18-21-20-17(25-18)12-4-7-14-15(8-12)24-9-23-14/h2-8,10H,9H2,1H3. The fourth-order valence-electron chi connectivity index (χ4n) is 2.46. The average molecular weight is 372 g/mol. The van der Waals surface area contributed by atoms with Gasteiger partial charge in [0.05, 0.1) is 5.25 Å². The molecule has 0 radical (unpaired) electrons. The van der Waals surface area contributed by atoms with E-state index in [0.717, 1.165) is 11.8 Å². The molecule has 0 fully saturated rings. The summed E-state index contributed by atoms with van der Waals surface area (Å²) in [5.74, 6) is 1.09. The number of thioether (sulfide) groups is 1. The van der Waals surface area contributed by atoms with Crippen LogP contribution in [0, 0.1) is 5.82 Å². The molecule has 0 saturated carbocycles. The monoisotopic (exact) mass is 372 g/mol. The van der Waals surface area contributed by atoms with Crippen molar-refractivity contribution in [1.29, 1.82) is 0 Å². The van der Waals surface area contributed by atoms with Crippen LogP contribution < -0.4 is 9.47 Å². The van der Waals surface area contributed by atoms with Crippen molar-refractivity contribution in [1.82, 2.24) is 10.2 Å². The highest BCUT2D eigenvalue weighted by Crippen LogP contribution is 2.36. The first-order valence-electron chi connectivity index (χ1n) is 7.80. The molecule has 1 aromatic heterocycles. The first-order chi connectivity index (χ1) is 12.6. The Hall–Kier alpha value is -2.87. The quantitative estimate of drug-likeness (QED) is 0.495. The zero-order chi connectivity index (χ0) is 18.1. The minimum absolute atomic E-state index is 0.141. The molecule has 6 nitrogen and oxygen atoms in total. The number of hydrogen-bond donors (Lipinski definition) is 0. The normalized spacial score (nSPS) is 13.6. The molecule has 0 aliphatic carbocycles. The largest absolute Gasteiger partial charge is 0.454 e. The number of rotatable bonds is 5. The van der Waals surface area contributed by atoms with Gasteiger partial charge in [0.1, 0.15) is 5.82 Å². The van der Waals surface area contributed by atoms with Crippen molar-refractivity contribution in [2.45, 2.75) is 17.4 Å². The average Bonchev–Trinajstić information content (AvgIpc) is 3.30. The first-order valence-corrected chi connectivity index (χ1v) is 8.68. The summed E-state index contributed by atoms with van der Waals surface area (Å²) in [6, 6.07) is 10.8. The molecular weight excluding hydrogens is 359 g/mol. The lowest BCUT2D eigenvalue weighted by atomic mass is 10.1. The van der Waals surface area contributed by atoms with E-state index in [1.54, 1.807) is 25.1 Å². The van der Waals surface area contributed by atoms with Gasteiger partial charge in [-0.05, 0) is 49.4 Å². The van der Waals surface area contributed by atoms with E-state index in [2.05, 4.69) is 10.2 Å². The van der Waals surface area contributed by atoms with Crippen LogP contribution in [0.25, 0.3) is 11.5 Å². The van der Waals surface area contributed by atoms with Crippen LogP contribution >= 0.6 is 11.8 Å². The van der Waals surface area contributed by atoms with E-state index in [4.69, 9.17) is 13.9 Å². The molecule has 132 valence electrons. The van der Waals surface area contributed by atoms with Crippen molar-refractivity contribution in [3.8, 4) is 23.0 Å². The maximum absolute atomic E-state index is 13.0. The number of Topliss-reactive ketones (excluding diaryl/α,β-unsaturated/α-hetero) is 1. The molecule has 1 aliphatic rings. The predicted molar refractivity (Wildman–Crippen MR) is 91.9 cm³/mol. The van der Waals surface area contributed by atoms with Crippen molar-refractivity contribution in [3.05, 3.63) is 53.8 Å². The summed E-state index contributed by atoms with van der Waals surface area (Å²) in [5, 5.41) is 7.82. The lowest BCUT2D eigenvalue weighted by Crippen LogP contribution is -2.13. The third kappa shape index (κ3) is 3.28. The number of hydrogen-bond acceptors (Lipinski definition) is 7. The van der Waals surface area contributed by atoms with E-state index >= 15 is 0 Å². The third-order valence-electron chi connectivity index (χ3n) is 3.80. The molecule has 4 rings (SSSR count). The number of carbonyl (C=O) groups is 1. The van der Waals surface area contributed by atoms with Crippen LogP contribution in [0.1, 0.15) is 17.3 Å². The van der Waals surface area contributed by atoms with Gasteiger partial charge in [-0.25, -0.2) is 4.39 Å². The predicted octanol–water partition coefficient (Wildman–Crippen LogP) is 3.97. The van der Waals surface area contributed by atoms with Gasteiger partial charge in [-0.3, -0.25) is 4.79 Å². The molecule has 1 atom stereocenters. The van der Waals surface area contributed by atoms with E-state index in [1.807, 2.05) is 0 Å². The molecular formula is C18H13FN2O4S. The Morgan fingerprint density at radius 2 is 1.88 bits per heavy atom. The second kappa shape index (κ2) is 6.80. The molecule has 1 aliphatic heterocycles. The lowest BCUT2D eigenvalue weighted by Gasteiger charge is -2.07. The zero-order valence-corrected chi connectivity index (χ0v) is 14.5. The number of nitrogens with zero attached hydrogens (tertiary/aromatic N) is 2. The molecule has 0 amide bonds. The van der Waals surface area contributed by atoms with Crippen LogP contribution in [0.4, 0.5) is 4.39 Å². The van der Waals surface area contributed by atoms with Gasteiger partial charge in [0, 0.05) is 11.1 Å². The first kappa shape index (κ1) is 16.6. The molecule has 1 unspecified atom stereocenters. The summed E-state index contributed by atoms with van der Waals surface area (Å²) in [6.45, 7) is 1.92. The number of aromatic nitrogens is 2. The highest BCUT2D eigenvalue weighted by molar-refractivity contribution is 8.00. The number of carbonyl (C=O) groups excluding carboxylic acids is 1. The number of ether oxygens (including phenoxy) is 2. The maximum atomic E-state index is 13.0. The molecule has 26 heavy (non-hydrogen) atoms. The summed E-state index contributed by atoms with van der Waals surface area (Å²) >= 11 is 1.15. The number of fused-ring (bicyclic) bond motifs is 1. The van der Waals surface area contributed by atoms with Crippen LogP contribution in [0.3, 0.4) is 0 Å². The molecule has 2 aromatic carbocycles. The van der Waals surface area contributed by atoms with Crippen molar-refractivity contribution in [3.63, 3.8) is 0 Å². The van der Waals surface area contributed by atoms with E-state index < -0.39 is 5.25 Å². The smallest absolute Gasteiger partial charge is 0.277 e. The Bertz CT molecular complexity index is 958. The summed E-state index contributed by atoms with van der Waals surface area (Å²) in [7, 11) is 0. The van der Waals surface area contributed by atoms with Gasteiger partial charge in [0.15, 0.2) is 17.3 Å². The van der Waals surface area contributed by atoms with Crippen molar-refractivity contribution < 1.29 is 23.1 Å². The molecule has 2 heterocycles. The highest BCUT2D eigenvalue weighted by Gasteiger charge is 2.21. The molecule has 0 saturated heterocycles. The van der Waals surface area contributed by atoms with Crippen LogP contribution in [0.5, 0.6) is 11.5 Å². The topological polar surface area (TPSA) is 74.5 Å². The van der Waals surface area contributed by atoms with Crippen molar-refractivity contribution in [2.75, 3.05) is 6.79 Å². The van der Waals surface area contributed by atoms with E-state index in [9.17, 15) is 9.18 Å². The van der Waals surface area contributed by atoms with Crippen LogP contribution in [0.2, 0.25) is 0 Å². The summed E-state index contributed by atoms with van der Waals surface area (Å²) < 4.78 is 29.2. The minimum atomic E-state index is -0.453. The zero-order valence-electron chi connectivity index (χ0n) is 13.6. The second-order valence-electron chi connectivity index (χ2n) is 5.57. The fourth-order valence-corrected chi connectivity index (χ4v) is 3.22. The lowest BCUT2D eigenvalue weighted by molar-refractivity contribution is 0.0993. The highest BCUT2D eigenvalue weighted by atomic mass is 32.2. The Morgan fingerprint density at radius 1 is 1.12 bits per heavy atom. The summed E-state index contributed by atoms with van der Waals surface area (Å²) in [4.78, 5) is 12.4. The van der Waals surface area contributed by atoms with Crippen LogP contribution in [0.15, 0.2) is 52.1 Å². The number of benzene rings is 2. The van der Waals surface area contributed by atoms with Gasteiger partial charge in [-0.2, -0.15) is 0 Å². The van der Waals surface area contributed by atoms with Crippen molar-refractivity contribution in [2.24, 2.45) is 0 Å². The molecule has 0 bridgehead atoms. The Kier molecular flexibility index (Phi) is 4.34. The fraction of sp³-hybridized carbons (Fsp3) is 0.167. The van der Waals surface area contributed by atoms with Gasteiger partial charge < -0.3 is 13.9 Å². The molecule has 8 heteroatoms. The van der Waals surface area contributed by atoms with Gasteiger partial charge in [0.25, 0.3) is 5.22 Å². The van der Waals surface area contributed by atoms with Crippen LogP contribution in [-0.2, 0) is 0 Å². The van der Waals surface area contributed by atoms with Crippen molar-refractivity contribution >= 4 is 17.5 Å². The molecule has 0 N–H and O–H groups in total. The Morgan fingerprint density at radius 3 is 2.69 bits per heavy atom. The van der Waals surface area contributed by atoms with Gasteiger partial charge >= 0.3 is 0 Å². The minimum Gasteiger partial charge on any atom is -0.454 e. The van der Waals surface area contributed by atoms with E-state index in [-0.39, 0.29) is 23.6 Å². The maximum Gasteiger partial charge on any atom is 0.277 e. The van der Waals surface area contributed by atoms with E-state index in [0.29, 0.717) is 28.5 Å². The number of halogens is 1. The summed E-state index contributed by atoms with van der Waals surface area (Å²) in [5.41, 5.74) is 1.13. The van der Waals surface area contributed by atoms with Crippen LogP contribution in [-0.4, -0.2) is 28.0 Å². The summed E-state index contributed by atoms with van der Waals surface area (Å²) in [6.07, 6.45) is 0. The second-order valence-corrected chi connectivity index (χ2v) is 6.86. The Balaban J connectivity index is 1.48. The van der Waals surface area contributed by atoms with Gasteiger partial charge in [-0.15, -0.1) is 10.2 Å². The van der Waals surface area contributed by atoms with Gasteiger partial charge in [-0.1, -0.05) is 11.8 Å². The van der Waals surface area contributed by atoms with Gasteiger partial charge in [0.2, 0.25) is 12.7 Å².